The van der Waals surface area contributed by atoms with E-state index in [0.717, 1.165) is 19.3 Å². The zero-order chi connectivity index (χ0) is 13.8. The number of hydrogen-bond donors (Lipinski definition) is 3. The molecule has 2 atom stereocenters. The monoisotopic (exact) mass is 265 g/mol. The number of nitrogens with one attached hydrogen (secondary N) is 1. The number of furan rings is 1. The number of oxime groups is 1. The predicted molar refractivity (Wildman–Crippen MR) is 70.1 cm³/mol. The van der Waals surface area contributed by atoms with Gasteiger partial charge in [-0.05, 0) is 18.9 Å². The van der Waals surface area contributed by atoms with Gasteiger partial charge in [-0.1, -0.05) is 18.5 Å². The third kappa shape index (κ3) is 2.72. The van der Waals surface area contributed by atoms with E-state index >= 15 is 0 Å². The summed E-state index contributed by atoms with van der Waals surface area (Å²) in [5.41, 5.74) is 6.21. The van der Waals surface area contributed by atoms with Crippen LogP contribution in [0.15, 0.2) is 21.9 Å². The van der Waals surface area contributed by atoms with Gasteiger partial charge in [-0.2, -0.15) is 0 Å². The summed E-state index contributed by atoms with van der Waals surface area (Å²) in [4.78, 5) is 12.2. The van der Waals surface area contributed by atoms with E-state index in [9.17, 15) is 4.79 Å². The highest BCUT2D eigenvalue weighted by Crippen LogP contribution is 2.26. The van der Waals surface area contributed by atoms with E-state index in [1.54, 1.807) is 6.07 Å². The molecule has 6 nitrogen and oxygen atoms in total. The van der Waals surface area contributed by atoms with Crippen molar-refractivity contribution in [3.63, 3.8) is 0 Å². The summed E-state index contributed by atoms with van der Waals surface area (Å²) in [5, 5.41) is 14.7. The number of carbonyl (C=O) groups excluding carboxylic acids is 1. The molecule has 1 amide bonds. The molecule has 2 unspecified atom stereocenters. The maximum atomic E-state index is 12.2. The predicted octanol–water partition coefficient (Wildman–Crippen LogP) is 1.49. The van der Waals surface area contributed by atoms with Crippen LogP contribution in [0, 0.1) is 5.92 Å². The molecule has 1 fully saturated rings. The third-order valence-electron chi connectivity index (χ3n) is 3.64. The summed E-state index contributed by atoms with van der Waals surface area (Å²) >= 11 is 0. The fraction of sp³-hybridized carbons (Fsp3) is 0.538. The first-order valence-electron chi connectivity index (χ1n) is 6.52. The van der Waals surface area contributed by atoms with E-state index in [2.05, 4.69) is 10.5 Å². The summed E-state index contributed by atoms with van der Waals surface area (Å²) in [7, 11) is 0. The lowest BCUT2D eigenvalue weighted by molar-refractivity contribution is 0.0931. The molecule has 1 aliphatic rings. The number of nitrogens with zero attached hydrogens (tertiary/aromatic N) is 1. The van der Waals surface area contributed by atoms with Crippen molar-refractivity contribution in [3.8, 4) is 0 Å². The Morgan fingerprint density at radius 1 is 1.63 bits per heavy atom. The largest absolute Gasteiger partial charge is 0.469 e. The molecule has 0 radical (unpaired) electrons. The first-order chi connectivity index (χ1) is 9.17. The molecule has 1 aromatic heterocycles. The zero-order valence-corrected chi connectivity index (χ0v) is 10.9. The van der Waals surface area contributed by atoms with Crippen molar-refractivity contribution in [1.29, 1.82) is 0 Å². The number of hydrogen-bond acceptors (Lipinski definition) is 4. The average molecular weight is 265 g/mol. The molecule has 1 heterocycles. The van der Waals surface area contributed by atoms with Crippen LogP contribution < -0.4 is 11.1 Å². The Hall–Kier alpha value is -1.98. The molecule has 0 saturated heterocycles. The van der Waals surface area contributed by atoms with Crippen LogP contribution in [0.3, 0.4) is 0 Å². The van der Waals surface area contributed by atoms with Crippen molar-refractivity contribution >= 4 is 11.7 Å². The topological polar surface area (TPSA) is 101 Å². The standard InChI is InChI=1S/C13H19N3O3/c1-2-11-9(6-7-19-11)13(17)15-10-5-3-4-8(10)12(14)16-18/h6-8,10,18H,2-5H2,1H3,(H2,14,16)(H,15,17). The molecule has 1 aliphatic carbocycles. The second kappa shape index (κ2) is 5.77. The van der Waals surface area contributed by atoms with Gasteiger partial charge in [0.25, 0.3) is 5.91 Å². The summed E-state index contributed by atoms with van der Waals surface area (Å²) < 4.78 is 5.25. The van der Waals surface area contributed by atoms with Crippen LogP contribution in [0.2, 0.25) is 0 Å². The fourth-order valence-corrected chi connectivity index (χ4v) is 2.62. The van der Waals surface area contributed by atoms with Crippen LogP contribution in [-0.4, -0.2) is 23.0 Å². The Balaban J connectivity index is 2.06. The van der Waals surface area contributed by atoms with Gasteiger partial charge in [-0.25, -0.2) is 0 Å². The molecule has 0 aliphatic heterocycles. The van der Waals surface area contributed by atoms with Crippen LogP contribution in [0.4, 0.5) is 0 Å². The Morgan fingerprint density at radius 3 is 3.11 bits per heavy atom. The zero-order valence-electron chi connectivity index (χ0n) is 10.9. The van der Waals surface area contributed by atoms with Crippen molar-refractivity contribution in [2.24, 2.45) is 16.8 Å². The highest BCUT2D eigenvalue weighted by Gasteiger charge is 2.32. The van der Waals surface area contributed by atoms with Gasteiger partial charge in [0.15, 0.2) is 0 Å². The Morgan fingerprint density at radius 2 is 2.42 bits per heavy atom. The van der Waals surface area contributed by atoms with Crippen LogP contribution in [0.1, 0.15) is 42.3 Å². The summed E-state index contributed by atoms with van der Waals surface area (Å²) in [5.74, 6) is 0.612. The molecule has 0 bridgehead atoms. The van der Waals surface area contributed by atoms with Crippen LogP contribution in [0.25, 0.3) is 0 Å². The molecule has 0 aromatic carbocycles. The lowest BCUT2D eigenvalue weighted by Gasteiger charge is -2.19. The Bertz CT molecular complexity index is 481. The molecule has 1 aromatic rings. The van der Waals surface area contributed by atoms with E-state index in [0.29, 0.717) is 17.7 Å². The third-order valence-corrected chi connectivity index (χ3v) is 3.64. The van der Waals surface area contributed by atoms with E-state index in [1.807, 2.05) is 6.92 Å². The molecular weight excluding hydrogens is 246 g/mol. The SMILES string of the molecule is CCc1occc1C(=O)NC1CCCC1/C(N)=N/O. The van der Waals surface area contributed by atoms with Gasteiger partial charge in [0.05, 0.1) is 11.8 Å². The smallest absolute Gasteiger partial charge is 0.255 e. The lowest BCUT2D eigenvalue weighted by Crippen LogP contribution is -2.42. The van der Waals surface area contributed by atoms with Crippen molar-refractivity contribution in [1.82, 2.24) is 5.32 Å². The first kappa shape index (κ1) is 13.5. The minimum atomic E-state index is -0.159. The van der Waals surface area contributed by atoms with Gasteiger partial charge in [0.2, 0.25) is 0 Å². The normalized spacial score (nSPS) is 23.5. The van der Waals surface area contributed by atoms with Gasteiger partial charge in [-0.15, -0.1) is 0 Å². The molecule has 0 spiro atoms. The van der Waals surface area contributed by atoms with E-state index in [-0.39, 0.29) is 23.7 Å². The van der Waals surface area contributed by atoms with Crippen molar-refractivity contribution in [2.45, 2.75) is 38.6 Å². The van der Waals surface area contributed by atoms with E-state index < -0.39 is 0 Å². The summed E-state index contributed by atoms with van der Waals surface area (Å²) in [6, 6.07) is 1.59. The maximum Gasteiger partial charge on any atom is 0.255 e. The van der Waals surface area contributed by atoms with Gasteiger partial charge >= 0.3 is 0 Å². The number of aryl methyl sites for hydroxylation is 1. The number of amidine groups is 1. The molecule has 4 N–H and O–H groups in total. The van der Waals surface area contributed by atoms with Gasteiger partial charge in [0, 0.05) is 18.4 Å². The number of rotatable bonds is 4. The maximum absolute atomic E-state index is 12.2. The van der Waals surface area contributed by atoms with Crippen LogP contribution >= 0.6 is 0 Å². The second-order valence-corrected chi connectivity index (χ2v) is 4.75. The molecule has 19 heavy (non-hydrogen) atoms. The summed E-state index contributed by atoms with van der Waals surface area (Å²) in [6.07, 6.45) is 4.81. The Labute approximate surface area is 111 Å². The van der Waals surface area contributed by atoms with Crippen molar-refractivity contribution < 1.29 is 14.4 Å². The summed E-state index contributed by atoms with van der Waals surface area (Å²) in [6.45, 7) is 1.93. The van der Waals surface area contributed by atoms with E-state index in [4.69, 9.17) is 15.4 Å². The van der Waals surface area contributed by atoms with E-state index in [1.165, 1.54) is 6.26 Å². The van der Waals surface area contributed by atoms with Crippen molar-refractivity contribution in [2.75, 3.05) is 0 Å². The van der Waals surface area contributed by atoms with Crippen LogP contribution in [0.5, 0.6) is 0 Å². The minimum absolute atomic E-state index is 0.0805. The molecule has 6 heteroatoms. The van der Waals surface area contributed by atoms with Gasteiger partial charge in [-0.3, -0.25) is 4.79 Å². The lowest BCUT2D eigenvalue weighted by atomic mass is 10.0. The fourth-order valence-electron chi connectivity index (χ4n) is 2.62. The second-order valence-electron chi connectivity index (χ2n) is 4.75. The van der Waals surface area contributed by atoms with Crippen LogP contribution in [-0.2, 0) is 6.42 Å². The molecule has 2 rings (SSSR count). The molecule has 104 valence electrons. The van der Waals surface area contributed by atoms with Crippen molar-refractivity contribution in [3.05, 3.63) is 23.7 Å². The van der Waals surface area contributed by atoms with Gasteiger partial charge in [0.1, 0.15) is 11.6 Å². The number of nitrogens with two attached hydrogens (primary N) is 1. The molecular formula is C13H19N3O3. The highest BCUT2D eigenvalue weighted by molar-refractivity contribution is 5.96. The minimum Gasteiger partial charge on any atom is -0.469 e. The first-order valence-corrected chi connectivity index (χ1v) is 6.52. The average Bonchev–Trinajstić information content (AvgIpc) is 3.05. The Kier molecular flexibility index (Phi) is 4.09. The number of amides is 1. The molecule has 1 saturated carbocycles. The number of carbonyl (C=O) groups is 1. The quantitative estimate of drug-likeness (QED) is 0.332. The van der Waals surface area contributed by atoms with Gasteiger partial charge < -0.3 is 20.7 Å². The highest BCUT2D eigenvalue weighted by atomic mass is 16.4.